The zero-order valence-electron chi connectivity index (χ0n) is 32.2. The first-order valence-corrected chi connectivity index (χ1v) is 19.8. The quantitative estimate of drug-likeness (QED) is 0.188. The number of nitrogens with one attached hydrogen (secondary N) is 3. The van der Waals surface area contributed by atoms with Gasteiger partial charge in [0.1, 0.15) is 5.52 Å². The number of piperidine rings is 2. The van der Waals surface area contributed by atoms with Crippen molar-refractivity contribution in [3.63, 3.8) is 0 Å². The average Bonchev–Trinajstić information content (AvgIpc) is 3.81. The van der Waals surface area contributed by atoms with E-state index in [1.54, 1.807) is 7.05 Å². The van der Waals surface area contributed by atoms with Crippen molar-refractivity contribution in [2.24, 2.45) is 10.8 Å². The number of anilines is 3. The number of likely N-dealkylation sites (tertiary alicyclic amines) is 1. The second kappa shape index (κ2) is 12.4. The van der Waals surface area contributed by atoms with E-state index in [4.69, 9.17) is 9.97 Å². The molecule has 0 unspecified atom stereocenters. The van der Waals surface area contributed by atoms with Gasteiger partial charge in [0, 0.05) is 60.8 Å². The number of benzene rings is 2. The SMILES string of the molecule is CNC(=O)c1cc(Nc2nc(-c3ccc4c(c3)N([C@H]3C[C@@H](N5CC(C)(C)CC(C)(C)C5)C3)C(=O)C43CCNCC3)cc3ncn(C4CC4)c23)ccc1C. The van der Waals surface area contributed by atoms with Crippen LogP contribution in [-0.2, 0) is 10.2 Å². The van der Waals surface area contributed by atoms with Crippen LogP contribution in [0.3, 0.4) is 0 Å². The number of aromatic nitrogens is 3. The van der Waals surface area contributed by atoms with Crippen LogP contribution in [0.15, 0.2) is 48.8 Å². The predicted octanol–water partition coefficient (Wildman–Crippen LogP) is 7.10. The number of aryl methyl sites for hydroxylation is 1. The molecule has 0 bridgehead atoms. The Kier molecular flexibility index (Phi) is 8.06. The number of imidazole rings is 1. The minimum Gasteiger partial charge on any atom is -0.355 e. The van der Waals surface area contributed by atoms with Gasteiger partial charge in [0.2, 0.25) is 5.91 Å². The van der Waals surface area contributed by atoms with E-state index in [0.717, 1.165) is 104 Å². The van der Waals surface area contributed by atoms with Crippen molar-refractivity contribution in [2.75, 3.05) is 43.4 Å². The molecule has 2 aromatic carbocycles. The number of fused-ring (bicyclic) bond motifs is 3. The molecule has 5 heterocycles. The molecule has 9 rings (SSSR count). The molecular weight excluding hydrogens is 661 g/mol. The number of carbonyl (C=O) groups is 2. The van der Waals surface area contributed by atoms with Crippen LogP contribution >= 0.6 is 0 Å². The summed E-state index contributed by atoms with van der Waals surface area (Å²) in [6, 6.07) is 15.7. The maximum Gasteiger partial charge on any atom is 0.251 e. The van der Waals surface area contributed by atoms with Crippen LogP contribution in [0.1, 0.15) is 100 Å². The van der Waals surface area contributed by atoms with Gasteiger partial charge in [0.05, 0.1) is 23.0 Å². The molecule has 4 aromatic rings. The second-order valence-electron chi connectivity index (χ2n) is 18.3. The number of pyridine rings is 1. The van der Waals surface area contributed by atoms with Gasteiger partial charge >= 0.3 is 0 Å². The van der Waals surface area contributed by atoms with E-state index in [1.165, 1.54) is 12.0 Å². The molecule has 2 aromatic heterocycles. The molecular formula is C43H54N8O2. The zero-order valence-corrected chi connectivity index (χ0v) is 32.2. The summed E-state index contributed by atoms with van der Waals surface area (Å²) in [5, 5.41) is 9.85. The molecule has 3 N–H and O–H groups in total. The van der Waals surface area contributed by atoms with Crippen molar-refractivity contribution in [1.29, 1.82) is 0 Å². The summed E-state index contributed by atoms with van der Waals surface area (Å²) in [5.41, 5.74) is 8.31. The number of amides is 2. The fourth-order valence-electron chi connectivity index (χ4n) is 10.5. The Labute approximate surface area is 313 Å². The van der Waals surface area contributed by atoms with Crippen LogP contribution in [0, 0.1) is 17.8 Å². The lowest BCUT2D eigenvalue weighted by Gasteiger charge is -2.54. The van der Waals surface area contributed by atoms with E-state index in [1.807, 2.05) is 31.5 Å². The number of carbonyl (C=O) groups excluding carboxylic acids is 2. The monoisotopic (exact) mass is 714 g/mol. The first-order valence-electron chi connectivity index (χ1n) is 19.8. The molecule has 2 amide bonds. The van der Waals surface area contributed by atoms with E-state index < -0.39 is 5.41 Å². The molecule has 0 atom stereocenters. The fraction of sp³-hybridized carbons (Fsp3) is 0.535. The van der Waals surface area contributed by atoms with Gasteiger partial charge in [-0.1, -0.05) is 45.9 Å². The molecule has 0 radical (unpaired) electrons. The number of hydrogen-bond donors (Lipinski definition) is 3. The van der Waals surface area contributed by atoms with Gasteiger partial charge in [-0.3, -0.25) is 14.5 Å². The van der Waals surface area contributed by atoms with Crippen molar-refractivity contribution >= 4 is 40.0 Å². The van der Waals surface area contributed by atoms with Crippen LogP contribution in [-0.4, -0.2) is 76.6 Å². The van der Waals surface area contributed by atoms with Crippen LogP contribution in [0.4, 0.5) is 17.2 Å². The Hall–Kier alpha value is -4.28. The van der Waals surface area contributed by atoms with Gasteiger partial charge in [0.15, 0.2) is 5.82 Å². The lowest BCUT2D eigenvalue weighted by atomic mass is 9.69. The average molecular weight is 715 g/mol. The Morgan fingerprint density at radius 1 is 0.925 bits per heavy atom. The van der Waals surface area contributed by atoms with Crippen molar-refractivity contribution in [1.82, 2.24) is 30.1 Å². The number of nitrogens with zero attached hydrogens (tertiary/aromatic N) is 5. The highest BCUT2D eigenvalue weighted by Gasteiger charge is 2.55. The Bertz CT molecular complexity index is 2100. The second-order valence-corrected chi connectivity index (χ2v) is 18.3. The number of hydrogen-bond acceptors (Lipinski definition) is 7. The van der Waals surface area contributed by atoms with Crippen LogP contribution in [0.25, 0.3) is 22.3 Å². The lowest BCUT2D eigenvalue weighted by Crippen LogP contribution is -2.61. The van der Waals surface area contributed by atoms with E-state index in [0.29, 0.717) is 34.3 Å². The van der Waals surface area contributed by atoms with Gasteiger partial charge in [-0.25, -0.2) is 9.97 Å². The lowest BCUT2D eigenvalue weighted by molar-refractivity contribution is -0.125. The summed E-state index contributed by atoms with van der Waals surface area (Å²) in [4.78, 5) is 42.5. The highest BCUT2D eigenvalue weighted by Crippen LogP contribution is 2.52. The van der Waals surface area contributed by atoms with Gasteiger partial charge < -0.3 is 25.4 Å². The van der Waals surface area contributed by atoms with Gasteiger partial charge in [0.25, 0.3) is 5.91 Å². The largest absolute Gasteiger partial charge is 0.355 e. The molecule has 10 nitrogen and oxygen atoms in total. The molecule has 53 heavy (non-hydrogen) atoms. The topological polar surface area (TPSA) is 107 Å². The maximum atomic E-state index is 14.8. The molecule has 2 saturated heterocycles. The summed E-state index contributed by atoms with van der Waals surface area (Å²) in [6.07, 6.45) is 9.10. The Balaban J connectivity index is 1.08. The standard InChI is InChI=1S/C43H54N8O2/c1-26-7-9-28(18-32(26)39(52)44-6)47-38-37-35(46-25-50(37)29-10-11-29)21-34(48-38)27-8-12-33-36(17-27)51(40(53)43(33)13-15-45-16-14-43)31-19-30(20-31)49-23-41(2,3)22-42(4,5)24-49/h7-9,12,17-18,21,25,29-31,45H,10-11,13-16,19-20,22-24H2,1-6H3,(H,44,52)(H,47,48)/t30-,31+. The normalized spacial score (nSPS) is 24.6. The summed E-state index contributed by atoms with van der Waals surface area (Å²) in [6.45, 7) is 15.5. The highest BCUT2D eigenvalue weighted by atomic mass is 16.2. The van der Waals surface area contributed by atoms with Crippen molar-refractivity contribution in [3.05, 3.63) is 65.5 Å². The third-order valence-electron chi connectivity index (χ3n) is 12.8. The van der Waals surface area contributed by atoms with Gasteiger partial charge in [-0.2, -0.15) is 0 Å². The van der Waals surface area contributed by atoms with Crippen LogP contribution < -0.4 is 20.9 Å². The Morgan fingerprint density at radius 2 is 1.66 bits per heavy atom. The molecule has 4 fully saturated rings. The minimum atomic E-state index is -0.472. The predicted molar refractivity (Wildman–Crippen MR) is 211 cm³/mol. The Morgan fingerprint density at radius 3 is 2.36 bits per heavy atom. The smallest absolute Gasteiger partial charge is 0.251 e. The first kappa shape index (κ1) is 34.5. The minimum absolute atomic E-state index is 0.119. The molecule has 2 saturated carbocycles. The maximum absolute atomic E-state index is 14.8. The van der Waals surface area contributed by atoms with E-state index in [-0.39, 0.29) is 17.9 Å². The summed E-state index contributed by atoms with van der Waals surface area (Å²) in [5.74, 6) is 0.881. The molecule has 278 valence electrons. The molecule has 1 spiro atoms. The van der Waals surface area contributed by atoms with Crippen LogP contribution in [0.2, 0.25) is 0 Å². The summed E-state index contributed by atoms with van der Waals surface area (Å²) < 4.78 is 2.24. The van der Waals surface area contributed by atoms with Crippen LogP contribution in [0.5, 0.6) is 0 Å². The molecule has 3 aliphatic heterocycles. The fourth-order valence-corrected chi connectivity index (χ4v) is 10.5. The van der Waals surface area contributed by atoms with Crippen molar-refractivity contribution < 1.29 is 9.59 Å². The summed E-state index contributed by atoms with van der Waals surface area (Å²) in [7, 11) is 1.65. The van der Waals surface area contributed by atoms with E-state index in [9.17, 15) is 9.59 Å². The van der Waals surface area contributed by atoms with E-state index in [2.05, 4.69) is 82.3 Å². The highest BCUT2D eigenvalue weighted by molar-refractivity contribution is 6.09. The third kappa shape index (κ3) is 5.93. The van der Waals surface area contributed by atoms with Gasteiger partial charge in [-0.05, 0) is 111 Å². The molecule has 10 heteroatoms. The van der Waals surface area contributed by atoms with Crippen molar-refractivity contribution in [3.8, 4) is 11.3 Å². The third-order valence-corrected chi connectivity index (χ3v) is 12.8. The van der Waals surface area contributed by atoms with Crippen molar-refractivity contribution in [2.45, 2.75) is 103 Å². The van der Waals surface area contributed by atoms with Gasteiger partial charge in [-0.15, -0.1) is 0 Å². The first-order chi connectivity index (χ1) is 25.3. The molecule has 5 aliphatic rings. The van der Waals surface area contributed by atoms with E-state index >= 15 is 0 Å². The zero-order chi connectivity index (χ0) is 36.9. The molecule has 2 aliphatic carbocycles. The summed E-state index contributed by atoms with van der Waals surface area (Å²) >= 11 is 0. The number of rotatable bonds is 7.